The van der Waals surface area contributed by atoms with Gasteiger partial charge in [0.15, 0.2) is 11.4 Å². The summed E-state index contributed by atoms with van der Waals surface area (Å²) >= 11 is 0. The molecule has 0 spiro atoms. The summed E-state index contributed by atoms with van der Waals surface area (Å²) in [5, 5.41) is 0. The maximum absolute atomic E-state index is 5.80. The van der Waals surface area contributed by atoms with Gasteiger partial charge in [0.05, 0.1) is 12.6 Å². The van der Waals surface area contributed by atoms with Gasteiger partial charge in [0, 0.05) is 12.6 Å². The number of furan rings is 1. The van der Waals surface area contributed by atoms with E-state index in [2.05, 4.69) is 15.0 Å². The molecule has 0 aliphatic carbocycles. The van der Waals surface area contributed by atoms with E-state index < -0.39 is 0 Å². The molecule has 19 heavy (non-hydrogen) atoms. The number of aromatic nitrogens is 4. The molecule has 0 unspecified atom stereocenters. The first-order chi connectivity index (χ1) is 9.15. The average molecular weight is 258 g/mol. The van der Waals surface area contributed by atoms with E-state index in [-0.39, 0.29) is 12.0 Å². The molecular weight excluding hydrogens is 244 g/mol. The molecule has 0 bridgehead atoms. The molecule has 0 aromatic carbocycles. The Morgan fingerprint density at radius 3 is 2.95 bits per heavy atom. The predicted molar refractivity (Wildman–Crippen MR) is 71.1 cm³/mol. The minimum atomic E-state index is 0.000604. The number of nitrogens with zero attached hydrogens (tertiary/aromatic N) is 4. The molecule has 7 nitrogen and oxygen atoms in total. The van der Waals surface area contributed by atoms with Crippen molar-refractivity contribution in [3.63, 3.8) is 0 Å². The van der Waals surface area contributed by atoms with Crippen molar-refractivity contribution in [3.8, 4) is 11.5 Å². The number of nitrogen functional groups attached to an aromatic ring is 1. The van der Waals surface area contributed by atoms with Crippen LogP contribution in [0.2, 0.25) is 0 Å². The largest absolute Gasteiger partial charge is 0.463 e. The Labute approximate surface area is 109 Å². The Morgan fingerprint density at radius 1 is 1.42 bits per heavy atom. The van der Waals surface area contributed by atoms with Gasteiger partial charge in [-0.05, 0) is 19.1 Å². The van der Waals surface area contributed by atoms with Crippen molar-refractivity contribution in [1.29, 1.82) is 0 Å². The lowest BCUT2D eigenvalue weighted by Crippen LogP contribution is -2.21. The zero-order valence-electron chi connectivity index (χ0n) is 10.4. The fourth-order valence-corrected chi connectivity index (χ4v) is 1.99. The highest BCUT2D eigenvalue weighted by molar-refractivity contribution is 5.86. The zero-order valence-corrected chi connectivity index (χ0v) is 10.4. The first kappa shape index (κ1) is 11.7. The maximum atomic E-state index is 5.80. The molecule has 3 aromatic heterocycles. The van der Waals surface area contributed by atoms with Crippen LogP contribution in [-0.4, -0.2) is 25.6 Å². The third kappa shape index (κ3) is 2.04. The molecule has 0 saturated carbocycles. The SMILES string of the molecule is C[C@@H](N)Cn1cnc2c(-c3ccco3)nc(N)nc21. The average Bonchev–Trinajstić information content (AvgIpc) is 2.98. The second kappa shape index (κ2) is 4.36. The van der Waals surface area contributed by atoms with Crippen LogP contribution in [0.4, 0.5) is 5.95 Å². The first-order valence-electron chi connectivity index (χ1n) is 5.93. The van der Waals surface area contributed by atoms with Gasteiger partial charge in [-0.2, -0.15) is 4.98 Å². The molecule has 3 heterocycles. The van der Waals surface area contributed by atoms with Crippen LogP contribution in [0, 0.1) is 0 Å². The minimum Gasteiger partial charge on any atom is -0.463 e. The molecule has 0 fully saturated rings. The molecular formula is C12H14N6O. The lowest BCUT2D eigenvalue weighted by molar-refractivity contribution is 0.580. The number of nitrogens with two attached hydrogens (primary N) is 2. The zero-order chi connectivity index (χ0) is 13.4. The summed E-state index contributed by atoms with van der Waals surface area (Å²) in [4.78, 5) is 12.8. The molecule has 0 aliphatic heterocycles. The molecule has 0 amide bonds. The number of hydrogen-bond acceptors (Lipinski definition) is 6. The Kier molecular flexibility index (Phi) is 2.68. The standard InChI is InChI=1S/C12H14N6O/c1-7(13)5-18-6-15-10-9(8-3-2-4-19-8)16-12(14)17-11(10)18/h2-4,6-7H,5,13H2,1H3,(H2,14,16,17)/t7-/m1/s1. The van der Waals surface area contributed by atoms with Gasteiger partial charge in [0.1, 0.15) is 11.2 Å². The summed E-state index contributed by atoms with van der Waals surface area (Å²) in [7, 11) is 0. The van der Waals surface area contributed by atoms with Crippen molar-refractivity contribution in [2.45, 2.75) is 19.5 Å². The minimum absolute atomic E-state index is 0.000604. The summed E-state index contributed by atoms with van der Waals surface area (Å²) in [5.41, 5.74) is 13.5. The Bertz CT molecular complexity index is 700. The van der Waals surface area contributed by atoms with Gasteiger partial charge < -0.3 is 20.5 Å². The smallest absolute Gasteiger partial charge is 0.222 e. The second-order valence-corrected chi connectivity index (χ2v) is 4.45. The fourth-order valence-electron chi connectivity index (χ4n) is 1.99. The lowest BCUT2D eigenvalue weighted by Gasteiger charge is -2.07. The van der Waals surface area contributed by atoms with Crippen LogP contribution in [0.3, 0.4) is 0 Å². The number of hydrogen-bond donors (Lipinski definition) is 2. The molecule has 98 valence electrons. The lowest BCUT2D eigenvalue weighted by atomic mass is 10.3. The van der Waals surface area contributed by atoms with Crippen molar-refractivity contribution in [2.24, 2.45) is 5.73 Å². The van der Waals surface area contributed by atoms with E-state index in [9.17, 15) is 0 Å². The topological polar surface area (TPSA) is 109 Å². The maximum Gasteiger partial charge on any atom is 0.222 e. The highest BCUT2D eigenvalue weighted by Crippen LogP contribution is 2.25. The third-order valence-corrected chi connectivity index (χ3v) is 2.72. The van der Waals surface area contributed by atoms with E-state index in [1.807, 2.05) is 17.6 Å². The molecule has 4 N–H and O–H groups in total. The van der Waals surface area contributed by atoms with Gasteiger partial charge >= 0.3 is 0 Å². The molecule has 3 aromatic rings. The van der Waals surface area contributed by atoms with Crippen LogP contribution >= 0.6 is 0 Å². The van der Waals surface area contributed by atoms with Gasteiger partial charge in [-0.3, -0.25) is 0 Å². The quantitative estimate of drug-likeness (QED) is 0.725. The highest BCUT2D eigenvalue weighted by atomic mass is 16.3. The van der Waals surface area contributed by atoms with Crippen LogP contribution in [0.1, 0.15) is 6.92 Å². The molecule has 3 rings (SSSR count). The summed E-state index contributed by atoms with van der Waals surface area (Å²) < 4.78 is 7.22. The van der Waals surface area contributed by atoms with Gasteiger partial charge in [-0.15, -0.1) is 0 Å². The van der Waals surface area contributed by atoms with Crippen LogP contribution in [-0.2, 0) is 6.54 Å². The Hall–Kier alpha value is -2.41. The van der Waals surface area contributed by atoms with E-state index in [1.165, 1.54) is 0 Å². The summed E-state index contributed by atoms with van der Waals surface area (Å²) in [6.07, 6.45) is 3.27. The summed E-state index contributed by atoms with van der Waals surface area (Å²) in [5.74, 6) is 0.801. The van der Waals surface area contributed by atoms with Crippen molar-refractivity contribution in [2.75, 3.05) is 5.73 Å². The summed E-state index contributed by atoms with van der Waals surface area (Å²) in [6.45, 7) is 2.54. The van der Waals surface area contributed by atoms with Gasteiger partial charge in [-0.1, -0.05) is 0 Å². The van der Waals surface area contributed by atoms with E-state index in [4.69, 9.17) is 15.9 Å². The number of fused-ring (bicyclic) bond motifs is 1. The van der Waals surface area contributed by atoms with Crippen LogP contribution in [0.25, 0.3) is 22.6 Å². The van der Waals surface area contributed by atoms with Crippen molar-refractivity contribution in [1.82, 2.24) is 19.5 Å². The predicted octanol–water partition coefficient (Wildman–Crippen LogP) is 1.02. The van der Waals surface area contributed by atoms with E-state index >= 15 is 0 Å². The second-order valence-electron chi connectivity index (χ2n) is 4.45. The van der Waals surface area contributed by atoms with Crippen LogP contribution < -0.4 is 11.5 Å². The van der Waals surface area contributed by atoms with E-state index in [0.29, 0.717) is 29.2 Å². The van der Waals surface area contributed by atoms with Crippen LogP contribution in [0.5, 0.6) is 0 Å². The highest BCUT2D eigenvalue weighted by Gasteiger charge is 2.15. The van der Waals surface area contributed by atoms with Crippen molar-refractivity contribution < 1.29 is 4.42 Å². The molecule has 0 radical (unpaired) electrons. The normalized spacial score (nSPS) is 12.9. The molecule has 0 aliphatic rings. The molecule has 0 saturated heterocycles. The van der Waals surface area contributed by atoms with Crippen LogP contribution in [0.15, 0.2) is 29.1 Å². The monoisotopic (exact) mass is 258 g/mol. The Balaban J connectivity index is 2.21. The van der Waals surface area contributed by atoms with Gasteiger partial charge in [0.2, 0.25) is 5.95 Å². The number of anilines is 1. The number of imidazole rings is 1. The Morgan fingerprint density at radius 2 is 2.26 bits per heavy atom. The summed E-state index contributed by atoms with van der Waals surface area (Å²) in [6, 6.07) is 3.60. The molecule has 7 heteroatoms. The first-order valence-corrected chi connectivity index (χ1v) is 5.93. The fraction of sp³-hybridized carbons (Fsp3) is 0.250. The molecule has 1 atom stereocenters. The number of rotatable bonds is 3. The van der Waals surface area contributed by atoms with E-state index in [1.54, 1.807) is 18.7 Å². The third-order valence-electron chi connectivity index (χ3n) is 2.72. The van der Waals surface area contributed by atoms with Gasteiger partial charge in [-0.25, -0.2) is 9.97 Å². The van der Waals surface area contributed by atoms with Gasteiger partial charge in [0.25, 0.3) is 0 Å². The van der Waals surface area contributed by atoms with Crippen molar-refractivity contribution >= 4 is 17.1 Å². The van der Waals surface area contributed by atoms with E-state index in [0.717, 1.165) is 0 Å². The van der Waals surface area contributed by atoms with Crippen molar-refractivity contribution in [3.05, 3.63) is 24.7 Å².